The van der Waals surface area contributed by atoms with Gasteiger partial charge in [0.1, 0.15) is 12.0 Å². The van der Waals surface area contributed by atoms with Crippen molar-refractivity contribution in [3.8, 4) is 0 Å². The van der Waals surface area contributed by atoms with Crippen molar-refractivity contribution in [2.75, 3.05) is 6.61 Å². The minimum Gasteiger partial charge on any atom is -0.396 e. The molecule has 0 bridgehead atoms. The second-order valence-electron chi connectivity index (χ2n) is 2.98. The largest absolute Gasteiger partial charge is 0.396 e. The van der Waals surface area contributed by atoms with Gasteiger partial charge in [-0.2, -0.15) is 5.10 Å². The molecule has 0 aromatic rings. The number of nitrogens with two attached hydrogens (primary N) is 1. The molecule has 1 heterocycles. The summed E-state index contributed by atoms with van der Waals surface area (Å²) in [4.78, 5) is 3.89. The number of halogens is 1. The van der Waals surface area contributed by atoms with Gasteiger partial charge in [-0.3, -0.25) is 0 Å². The Morgan fingerprint density at radius 2 is 2.40 bits per heavy atom. The lowest BCUT2D eigenvalue weighted by Crippen LogP contribution is -2.31. The van der Waals surface area contributed by atoms with Crippen molar-refractivity contribution in [1.29, 1.82) is 0 Å². The molecule has 15 heavy (non-hydrogen) atoms. The zero-order valence-corrected chi connectivity index (χ0v) is 10.0. The van der Waals surface area contributed by atoms with E-state index < -0.39 is 0 Å². The van der Waals surface area contributed by atoms with Gasteiger partial charge < -0.3 is 10.8 Å². The van der Waals surface area contributed by atoms with Crippen molar-refractivity contribution >= 4 is 28.1 Å². The molecule has 0 fully saturated rings. The fourth-order valence-corrected chi connectivity index (χ4v) is 1.54. The zero-order chi connectivity index (χ0) is 11.4. The number of hydrogen-bond acceptors (Lipinski definition) is 5. The van der Waals surface area contributed by atoms with Gasteiger partial charge in [-0.15, -0.1) is 0 Å². The average molecular weight is 273 g/mol. The first kappa shape index (κ1) is 11.9. The highest BCUT2D eigenvalue weighted by atomic mass is 79.9. The highest BCUT2D eigenvalue weighted by Crippen LogP contribution is 2.23. The van der Waals surface area contributed by atoms with Crippen molar-refractivity contribution < 1.29 is 5.11 Å². The van der Waals surface area contributed by atoms with Gasteiger partial charge in [0.15, 0.2) is 5.84 Å². The van der Waals surface area contributed by atoms with Crippen LogP contribution in [-0.4, -0.2) is 28.9 Å². The summed E-state index contributed by atoms with van der Waals surface area (Å²) in [7, 11) is 0. The molecule has 0 aliphatic carbocycles. The van der Waals surface area contributed by atoms with Crippen molar-refractivity contribution in [2.24, 2.45) is 15.8 Å². The van der Waals surface area contributed by atoms with Gasteiger partial charge >= 0.3 is 0 Å². The van der Waals surface area contributed by atoms with Gasteiger partial charge in [0, 0.05) is 23.2 Å². The van der Waals surface area contributed by atoms with Gasteiger partial charge in [-0.25, -0.2) is 10.0 Å². The number of amidine groups is 1. The van der Waals surface area contributed by atoms with Crippen LogP contribution >= 0.6 is 15.9 Å². The molecule has 0 amide bonds. The molecule has 0 radical (unpaired) electrons. The summed E-state index contributed by atoms with van der Waals surface area (Å²) in [6.45, 7) is 5.69. The number of nitrogens with zero attached hydrogens (tertiary/aromatic N) is 3. The Morgan fingerprint density at radius 1 is 1.73 bits per heavy atom. The zero-order valence-electron chi connectivity index (χ0n) is 8.44. The van der Waals surface area contributed by atoms with E-state index in [1.165, 1.54) is 6.34 Å². The van der Waals surface area contributed by atoms with Gasteiger partial charge in [0.2, 0.25) is 0 Å². The minimum atomic E-state index is 0.0243. The minimum absolute atomic E-state index is 0.0243. The molecule has 1 aliphatic heterocycles. The Labute approximate surface area is 96.8 Å². The van der Waals surface area contributed by atoms with Crippen LogP contribution in [0.2, 0.25) is 0 Å². The molecular formula is C9H13BrN4O. The maximum atomic E-state index is 8.83. The normalized spacial score (nSPS) is 18.9. The standard InChI is InChI=1S/C9H13BrN4O/c1-6(3-4-15)14-8(7(2)10)9(11)12-5-13-14/h5,15H,1,3-4H2,2H3,(H2,11,12,13)/b8-7+. The quantitative estimate of drug-likeness (QED) is 0.809. The summed E-state index contributed by atoms with van der Waals surface area (Å²) >= 11 is 3.34. The third-order valence-electron chi connectivity index (χ3n) is 1.84. The molecular weight excluding hydrogens is 260 g/mol. The lowest BCUT2D eigenvalue weighted by atomic mass is 10.3. The van der Waals surface area contributed by atoms with Crippen LogP contribution in [-0.2, 0) is 0 Å². The third kappa shape index (κ3) is 2.66. The molecule has 0 aromatic heterocycles. The van der Waals surface area contributed by atoms with E-state index in [9.17, 15) is 0 Å². The monoisotopic (exact) mass is 272 g/mol. The van der Waals surface area contributed by atoms with Crippen LogP contribution in [0.15, 0.2) is 32.5 Å². The van der Waals surface area contributed by atoms with E-state index in [1.54, 1.807) is 5.01 Å². The van der Waals surface area contributed by atoms with Crippen LogP contribution < -0.4 is 5.73 Å². The summed E-state index contributed by atoms with van der Waals surface area (Å²) < 4.78 is 0.819. The fraction of sp³-hybridized carbons (Fsp3) is 0.333. The van der Waals surface area contributed by atoms with Crippen LogP contribution in [0.3, 0.4) is 0 Å². The first-order chi connectivity index (χ1) is 7.07. The fourth-order valence-electron chi connectivity index (χ4n) is 1.16. The van der Waals surface area contributed by atoms with E-state index in [2.05, 4.69) is 32.6 Å². The number of allylic oxidation sites excluding steroid dienone is 1. The van der Waals surface area contributed by atoms with Gasteiger partial charge in [-0.05, 0) is 6.92 Å². The predicted molar refractivity (Wildman–Crippen MR) is 64.4 cm³/mol. The maximum Gasteiger partial charge on any atom is 0.152 e. The Kier molecular flexibility index (Phi) is 4.05. The molecule has 82 valence electrons. The molecule has 6 heteroatoms. The number of hydrogen-bond donors (Lipinski definition) is 2. The van der Waals surface area contributed by atoms with Crippen LogP contribution in [0.25, 0.3) is 0 Å². The molecule has 5 nitrogen and oxygen atoms in total. The van der Waals surface area contributed by atoms with E-state index in [0.717, 1.165) is 4.48 Å². The molecule has 0 saturated heterocycles. The Balaban J connectivity index is 3.00. The summed E-state index contributed by atoms with van der Waals surface area (Å²) in [5.74, 6) is 0.374. The highest BCUT2D eigenvalue weighted by molar-refractivity contribution is 9.11. The van der Waals surface area contributed by atoms with Crippen LogP contribution in [0.5, 0.6) is 0 Å². The second kappa shape index (κ2) is 5.09. The number of aliphatic hydroxyl groups is 1. The second-order valence-corrected chi connectivity index (χ2v) is 4.17. The van der Waals surface area contributed by atoms with Crippen molar-refractivity contribution in [2.45, 2.75) is 13.3 Å². The summed E-state index contributed by atoms with van der Waals surface area (Å²) in [5, 5.41) is 14.4. The summed E-state index contributed by atoms with van der Waals surface area (Å²) in [5.41, 5.74) is 7.06. The first-order valence-electron chi connectivity index (χ1n) is 4.39. The van der Waals surface area contributed by atoms with Crippen molar-refractivity contribution in [3.63, 3.8) is 0 Å². The highest BCUT2D eigenvalue weighted by Gasteiger charge is 2.19. The molecule has 1 aliphatic rings. The first-order valence-corrected chi connectivity index (χ1v) is 5.18. The Morgan fingerprint density at radius 3 is 2.93 bits per heavy atom. The summed E-state index contributed by atoms with van der Waals surface area (Å²) in [6.07, 6.45) is 1.80. The molecule has 0 atom stereocenters. The molecule has 1 rings (SSSR count). The Bertz CT molecular complexity index is 355. The van der Waals surface area contributed by atoms with Gasteiger partial charge in [0.25, 0.3) is 0 Å². The third-order valence-corrected chi connectivity index (χ3v) is 2.22. The van der Waals surface area contributed by atoms with Crippen molar-refractivity contribution in [1.82, 2.24) is 5.01 Å². The number of aliphatic imine (C=N–C) groups is 1. The van der Waals surface area contributed by atoms with E-state index in [4.69, 9.17) is 10.8 Å². The maximum absolute atomic E-state index is 8.83. The number of hydrazone groups is 1. The Hall–Kier alpha value is -1.14. The average Bonchev–Trinajstić information content (AvgIpc) is 2.17. The van der Waals surface area contributed by atoms with E-state index in [1.807, 2.05) is 6.92 Å². The molecule has 0 unspecified atom stereocenters. The smallest absolute Gasteiger partial charge is 0.152 e. The SMILES string of the molecule is C=C(CCO)N1N=CN=C(N)/C1=C(/C)Br. The molecule has 0 aromatic carbocycles. The van der Waals surface area contributed by atoms with Crippen LogP contribution in [0.4, 0.5) is 0 Å². The number of rotatable bonds is 3. The van der Waals surface area contributed by atoms with Gasteiger partial charge in [-0.1, -0.05) is 22.5 Å². The summed E-state index contributed by atoms with van der Waals surface area (Å²) in [6, 6.07) is 0. The lowest BCUT2D eigenvalue weighted by molar-refractivity contribution is 0.284. The number of aliphatic hydroxyl groups excluding tert-OH is 1. The predicted octanol–water partition coefficient (Wildman–Crippen LogP) is 1.12. The molecule has 0 saturated carbocycles. The molecule has 0 spiro atoms. The van der Waals surface area contributed by atoms with E-state index in [-0.39, 0.29) is 6.61 Å². The van der Waals surface area contributed by atoms with Crippen molar-refractivity contribution in [3.05, 3.63) is 22.5 Å². The molecule has 3 N–H and O–H groups in total. The van der Waals surface area contributed by atoms with Gasteiger partial charge in [0.05, 0.1) is 0 Å². The van der Waals surface area contributed by atoms with E-state index >= 15 is 0 Å². The van der Waals surface area contributed by atoms with Crippen LogP contribution in [0.1, 0.15) is 13.3 Å². The van der Waals surface area contributed by atoms with E-state index in [0.29, 0.717) is 23.7 Å². The van der Waals surface area contributed by atoms with Crippen LogP contribution in [0, 0.1) is 0 Å². The lowest BCUT2D eigenvalue weighted by Gasteiger charge is -2.25. The topological polar surface area (TPSA) is 74.2 Å².